The van der Waals surface area contributed by atoms with Gasteiger partial charge in [0.25, 0.3) is 0 Å². The number of hydrogen-bond donors (Lipinski definition) is 1. The van der Waals surface area contributed by atoms with Crippen molar-refractivity contribution in [2.45, 2.75) is 44.8 Å². The molecule has 104 valence electrons. The van der Waals surface area contributed by atoms with Crippen molar-refractivity contribution in [3.05, 3.63) is 0 Å². The van der Waals surface area contributed by atoms with E-state index in [9.17, 15) is 0 Å². The van der Waals surface area contributed by atoms with Gasteiger partial charge in [-0.1, -0.05) is 19.3 Å². The third kappa shape index (κ3) is 3.10. The maximum absolute atomic E-state index is 6.09. The van der Waals surface area contributed by atoms with Crippen LogP contribution in [0.5, 0.6) is 0 Å². The Hall–Kier alpha value is -0.0400. The average Bonchev–Trinajstić information content (AvgIpc) is 2.94. The summed E-state index contributed by atoms with van der Waals surface area (Å²) in [5, 5.41) is 0. The fraction of sp³-hybridized carbons (Fsp3) is 0.923. The van der Waals surface area contributed by atoms with Gasteiger partial charge in [0.1, 0.15) is 0 Å². The number of guanidine groups is 1. The number of aliphatic imine (C=N–C) groups is 1. The van der Waals surface area contributed by atoms with Crippen LogP contribution in [0, 0.1) is 11.8 Å². The summed E-state index contributed by atoms with van der Waals surface area (Å²) >= 11 is 0. The van der Waals surface area contributed by atoms with Gasteiger partial charge >= 0.3 is 0 Å². The molecule has 0 bridgehead atoms. The Morgan fingerprint density at radius 1 is 1.39 bits per heavy atom. The van der Waals surface area contributed by atoms with Crippen molar-refractivity contribution >= 4 is 29.9 Å². The number of morpholine rings is 1. The lowest BCUT2D eigenvalue weighted by atomic mass is 9.81. The number of nitrogens with zero attached hydrogens (tertiary/aromatic N) is 2. The summed E-state index contributed by atoms with van der Waals surface area (Å²) in [6.07, 6.45) is 5.81. The SMILES string of the molecule is CC1CN(C(N)=N[C@@H]2C[C@H]2C2CCC2)CCO1.I. The van der Waals surface area contributed by atoms with Crippen LogP contribution in [0.2, 0.25) is 0 Å². The zero-order valence-electron chi connectivity index (χ0n) is 11.0. The maximum atomic E-state index is 6.09. The standard InChI is InChI=1S/C13H23N3O.HI/c1-9-8-16(5-6-17-9)13(14)15-12-7-11(12)10-3-2-4-10;/h9-12H,2-8H2,1H3,(H2,14,15);1H/t9?,11-,12+;/m0./s1. The zero-order chi connectivity index (χ0) is 11.8. The molecule has 0 radical (unpaired) electrons. The number of hydrogen-bond acceptors (Lipinski definition) is 2. The van der Waals surface area contributed by atoms with Crippen LogP contribution in [-0.2, 0) is 4.74 Å². The van der Waals surface area contributed by atoms with Crippen molar-refractivity contribution in [3.63, 3.8) is 0 Å². The summed E-state index contributed by atoms with van der Waals surface area (Å²) in [4.78, 5) is 6.87. The number of halogens is 1. The van der Waals surface area contributed by atoms with Gasteiger partial charge < -0.3 is 15.4 Å². The molecule has 3 aliphatic rings. The van der Waals surface area contributed by atoms with E-state index in [1.54, 1.807) is 0 Å². The molecule has 5 heteroatoms. The second-order valence-corrected chi connectivity index (χ2v) is 5.77. The van der Waals surface area contributed by atoms with Crippen LogP contribution in [0.3, 0.4) is 0 Å². The highest BCUT2D eigenvalue weighted by molar-refractivity contribution is 14.0. The first-order valence-electron chi connectivity index (χ1n) is 6.94. The molecule has 3 fully saturated rings. The van der Waals surface area contributed by atoms with Crippen molar-refractivity contribution in [1.29, 1.82) is 0 Å². The molecule has 0 aromatic carbocycles. The van der Waals surface area contributed by atoms with E-state index in [2.05, 4.69) is 11.8 Å². The van der Waals surface area contributed by atoms with Gasteiger partial charge in [0, 0.05) is 13.1 Å². The fourth-order valence-electron chi connectivity index (χ4n) is 3.00. The Balaban J connectivity index is 0.00000120. The van der Waals surface area contributed by atoms with Crippen molar-refractivity contribution in [3.8, 4) is 0 Å². The van der Waals surface area contributed by atoms with Gasteiger partial charge in [-0.25, -0.2) is 4.99 Å². The molecule has 1 heterocycles. The summed E-state index contributed by atoms with van der Waals surface area (Å²) in [6.45, 7) is 4.64. The first kappa shape index (κ1) is 14.4. The van der Waals surface area contributed by atoms with Crippen molar-refractivity contribution in [1.82, 2.24) is 4.90 Å². The van der Waals surface area contributed by atoms with Gasteiger partial charge in [0.05, 0.1) is 18.8 Å². The smallest absolute Gasteiger partial charge is 0.191 e. The molecule has 2 aliphatic carbocycles. The highest BCUT2D eigenvalue weighted by Crippen LogP contribution is 2.48. The van der Waals surface area contributed by atoms with Crippen LogP contribution in [-0.4, -0.2) is 42.7 Å². The van der Waals surface area contributed by atoms with E-state index in [1.165, 1.54) is 25.7 Å². The van der Waals surface area contributed by atoms with E-state index < -0.39 is 0 Å². The van der Waals surface area contributed by atoms with E-state index in [4.69, 9.17) is 15.5 Å². The predicted octanol–water partition coefficient (Wildman–Crippen LogP) is 1.83. The quantitative estimate of drug-likeness (QED) is 0.462. The lowest BCUT2D eigenvalue weighted by Crippen LogP contribution is -2.48. The lowest BCUT2D eigenvalue weighted by Gasteiger charge is -2.32. The van der Waals surface area contributed by atoms with Crippen LogP contribution in [0.25, 0.3) is 0 Å². The minimum Gasteiger partial charge on any atom is -0.375 e. The fourth-order valence-corrected chi connectivity index (χ4v) is 3.00. The molecular weight excluding hydrogens is 341 g/mol. The van der Waals surface area contributed by atoms with Gasteiger partial charge in [0.2, 0.25) is 0 Å². The second kappa shape index (κ2) is 5.94. The Morgan fingerprint density at radius 3 is 2.78 bits per heavy atom. The molecule has 2 N–H and O–H groups in total. The number of ether oxygens (including phenoxy) is 1. The zero-order valence-corrected chi connectivity index (χ0v) is 13.4. The molecule has 1 unspecified atom stereocenters. The summed E-state index contributed by atoms with van der Waals surface area (Å²) in [5.41, 5.74) is 6.09. The molecule has 1 aliphatic heterocycles. The number of rotatable bonds is 2. The van der Waals surface area contributed by atoms with Crippen LogP contribution >= 0.6 is 24.0 Å². The Morgan fingerprint density at radius 2 is 2.17 bits per heavy atom. The summed E-state index contributed by atoms with van der Waals surface area (Å²) in [7, 11) is 0. The third-order valence-electron chi connectivity index (χ3n) is 4.42. The Labute approximate surface area is 126 Å². The first-order valence-corrected chi connectivity index (χ1v) is 6.94. The number of nitrogens with two attached hydrogens (primary N) is 1. The molecule has 0 aromatic heterocycles. The van der Waals surface area contributed by atoms with Crippen LogP contribution in [0.15, 0.2) is 4.99 Å². The minimum absolute atomic E-state index is 0. The molecule has 3 rings (SSSR count). The highest BCUT2D eigenvalue weighted by Gasteiger charge is 2.45. The van der Waals surface area contributed by atoms with Crippen LogP contribution in [0.4, 0.5) is 0 Å². The maximum Gasteiger partial charge on any atom is 0.191 e. The third-order valence-corrected chi connectivity index (χ3v) is 4.42. The largest absolute Gasteiger partial charge is 0.375 e. The van der Waals surface area contributed by atoms with Crippen LogP contribution < -0.4 is 5.73 Å². The Bertz CT molecular complexity index is 319. The Kier molecular flexibility index (Phi) is 4.75. The molecular formula is C13H24IN3O. The second-order valence-electron chi connectivity index (χ2n) is 5.77. The van der Waals surface area contributed by atoms with E-state index in [1.807, 2.05) is 0 Å². The van der Waals surface area contributed by atoms with Gasteiger partial charge in [-0.3, -0.25) is 0 Å². The van der Waals surface area contributed by atoms with E-state index in [-0.39, 0.29) is 30.1 Å². The lowest BCUT2D eigenvalue weighted by molar-refractivity contribution is 0.00526. The summed E-state index contributed by atoms with van der Waals surface area (Å²) in [6, 6.07) is 0.526. The average molecular weight is 365 g/mol. The highest BCUT2D eigenvalue weighted by atomic mass is 127. The molecule has 18 heavy (non-hydrogen) atoms. The van der Waals surface area contributed by atoms with Crippen molar-refractivity contribution in [2.24, 2.45) is 22.6 Å². The van der Waals surface area contributed by atoms with E-state index in [0.29, 0.717) is 6.04 Å². The van der Waals surface area contributed by atoms with Gasteiger partial charge in [-0.05, 0) is 25.2 Å². The predicted molar refractivity (Wildman–Crippen MR) is 83.3 cm³/mol. The monoisotopic (exact) mass is 365 g/mol. The topological polar surface area (TPSA) is 50.8 Å². The van der Waals surface area contributed by atoms with Crippen LogP contribution in [0.1, 0.15) is 32.6 Å². The van der Waals surface area contributed by atoms with Crippen molar-refractivity contribution in [2.75, 3.05) is 19.7 Å². The molecule has 0 spiro atoms. The van der Waals surface area contributed by atoms with E-state index >= 15 is 0 Å². The van der Waals surface area contributed by atoms with E-state index in [0.717, 1.165) is 37.5 Å². The molecule has 3 atom stereocenters. The molecule has 4 nitrogen and oxygen atoms in total. The normalized spacial score (nSPS) is 36.8. The molecule has 0 amide bonds. The molecule has 0 aromatic rings. The molecule has 2 saturated carbocycles. The van der Waals surface area contributed by atoms with Crippen molar-refractivity contribution < 1.29 is 4.74 Å². The first-order chi connectivity index (χ1) is 8.24. The summed E-state index contributed by atoms with van der Waals surface area (Å²) < 4.78 is 5.51. The van der Waals surface area contributed by atoms with Gasteiger partial charge in [-0.2, -0.15) is 0 Å². The molecule has 1 saturated heterocycles. The summed E-state index contributed by atoms with van der Waals surface area (Å²) in [5.74, 6) is 2.55. The van der Waals surface area contributed by atoms with Gasteiger partial charge in [-0.15, -0.1) is 24.0 Å². The van der Waals surface area contributed by atoms with Gasteiger partial charge in [0.15, 0.2) is 5.96 Å². The minimum atomic E-state index is 0.